The number of hydrogen-bond donors (Lipinski definition) is 2. The summed E-state index contributed by atoms with van der Waals surface area (Å²) in [7, 11) is 0. The van der Waals surface area contributed by atoms with Crippen LogP contribution in [0, 0.1) is 6.92 Å². The van der Waals surface area contributed by atoms with Crippen LogP contribution in [0.5, 0.6) is 0 Å². The third-order valence-electron chi connectivity index (χ3n) is 3.09. The molecule has 0 aliphatic rings. The zero-order chi connectivity index (χ0) is 14.4. The summed E-state index contributed by atoms with van der Waals surface area (Å²) in [6.07, 6.45) is 1.62. The molecule has 2 aromatic rings. The van der Waals surface area contributed by atoms with Crippen LogP contribution >= 0.6 is 0 Å². The summed E-state index contributed by atoms with van der Waals surface area (Å²) >= 11 is 0. The van der Waals surface area contributed by atoms with Crippen molar-refractivity contribution in [2.45, 2.75) is 13.8 Å². The number of para-hydroxylation sites is 1. The Labute approximate surface area is 119 Å². The van der Waals surface area contributed by atoms with E-state index in [1.165, 1.54) is 0 Å². The van der Waals surface area contributed by atoms with Crippen molar-refractivity contribution in [3.05, 3.63) is 47.8 Å². The fourth-order valence-corrected chi connectivity index (χ4v) is 2.00. The normalized spacial score (nSPS) is 10.5. The van der Waals surface area contributed by atoms with Gasteiger partial charge in [0.25, 0.3) is 5.91 Å². The number of nitrogens with zero attached hydrogens (tertiary/aromatic N) is 2. The Balaban J connectivity index is 2.07. The SMILES string of the molecule is CCNCCNC(=O)c1cnn(-c2ccccc2)c1C. The Hall–Kier alpha value is -2.14. The highest BCUT2D eigenvalue weighted by atomic mass is 16.1. The van der Waals surface area contributed by atoms with Crippen LogP contribution in [0.2, 0.25) is 0 Å². The fourth-order valence-electron chi connectivity index (χ4n) is 2.00. The first kappa shape index (κ1) is 14.3. The number of carbonyl (C=O) groups excluding carboxylic acids is 1. The van der Waals surface area contributed by atoms with Crippen LogP contribution in [0.4, 0.5) is 0 Å². The van der Waals surface area contributed by atoms with Crippen molar-refractivity contribution in [2.75, 3.05) is 19.6 Å². The van der Waals surface area contributed by atoms with Gasteiger partial charge in [0.15, 0.2) is 0 Å². The van der Waals surface area contributed by atoms with Gasteiger partial charge in [0.05, 0.1) is 23.1 Å². The highest BCUT2D eigenvalue weighted by molar-refractivity contribution is 5.95. The molecule has 106 valence electrons. The largest absolute Gasteiger partial charge is 0.351 e. The van der Waals surface area contributed by atoms with Gasteiger partial charge in [-0.2, -0.15) is 5.10 Å². The summed E-state index contributed by atoms with van der Waals surface area (Å²) < 4.78 is 1.78. The van der Waals surface area contributed by atoms with Crippen molar-refractivity contribution in [3.63, 3.8) is 0 Å². The Kier molecular flexibility index (Phi) is 4.90. The van der Waals surface area contributed by atoms with Gasteiger partial charge in [-0.25, -0.2) is 4.68 Å². The molecule has 0 aliphatic carbocycles. The highest BCUT2D eigenvalue weighted by Gasteiger charge is 2.14. The van der Waals surface area contributed by atoms with Gasteiger partial charge in [-0.05, 0) is 25.6 Å². The van der Waals surface area contributed by atoms with Crippen molar-refractivity contribution in [1.82, 2.24) is 20.4 Å². The highest BCUT2D eigenvalue weighted by Crippen LogP contribution is 2.13. The third-order valence-corrected chi connectivity index (χ3v) is 3.09. The molecule has 0 fully saturated rings. The minimum atomic E-state index is -0.0809. The van der Waals surface area contributed by atoms with E-state index >= 15 is 0 Å². The number of hydrogen-bond acceptors (Lipinski definition) is 3. The lowest BCUT2D eigenvalue weighted by Gasteiger charge is -2.06. The first-order chi connectivity index (χ1) is 9.74. The van der Waals surface area contributed by atoms with Crippen molar-refractivity contribution in [2.24, 2.45) is 0 Å². The quantitative estimate of drug-likeness (QED) is 0.784. The van der Waals surface area contributed by atoms with Crippen LogP contribution < -0.4 is 10.6 Å². The average Bonchev–Trinajstić information content (AvgIpc) is 2.86. The van der Waals surface area contributed by atoms with E-state index in [4.69, 9.17) is 0 Å². The molecule has 0 saturated heterocycles. The van der Waals surface area contributed by atoms with E-state index in [0.717, 1.165) is 24.5 Å². The molecule has 1 aromatic heterocycles. The molecule has 0 radical (unpaired) electrons. The molecule has 2 rings (SSSR count). The molecular weight excluding hydrogens is 252 g/mol. The predicted octanol–water partition coefficient (Wildman–Crippen LogP) is 1.52. The van der Waals surface area contributed by atoms with Crippen LogP contribution in [0.3, 0.4) is 0 Å². The molecule has 0 unspecified atom stereocenters. The number of amides is 1. The first-order valence-electron chi connectivity index (χ1n) is 6.83. The Morgan fingerprint density at radius 2 is 2.00 bits per heavy atom. The predicted molar refractivity (Wildman–Crippen MR) is 79.2 cm³/mol. The number of likely N-dealkylation sites (N-methyl/N-ethyl adjacent to an activating group) is 1. The van der Waals surface area contributed by atoms with Gasteiger partial charge in [0, 0.05) is 13.1 Å². The lowest BCUT2D eigenvalue weighted by Crippen LogP contribution is -2.31. The summed E-state index contributed by atoms with van der Waals surface area (Å²) in [5.74, 6) is -0.0809. The number of nitrogens with one attached hydrogen (secondary N) is 2. The van der Waals surface area contributed by atoms with E-state index in [0.29, 0.717) is 12.1 Å². The van der Waals surface area contributed by atoms with Crippen LogP contribution in [0.1, 0.15) is 23.0 Å². The maximum atomic E-state index is 12.1. The third kappa shape index (κ3) is 3.24. The monoisotopic (exact) mass is 272 g/mol. The van der Waals surface area contributed by atoms with E-state index in [1.54, 1.807) is 10.9 Å². The summed E-state index contributed by atoms with van der Waals surface area (Å²) in [5, 5.41) is 10.3. The minimum absolute atomic E-state index is 0.0809. The standard InChI is InChI=1S/C15H20N4O/c1-3-16-9-10-17-15(20)14-11-18-19(12(14)2)13-7-5-4-6-8-13/h4-8,11,16H,3,9-10H2,1-2H3,(H,17,20). The number of carbonyl (C=O) groups is 1. The molecule has 1 heterocycles. The first-order valence-corrected chi connectivity index (χ1v) is 6.83. The smallest absolute Gasteiger partial charge is 0.254 e. The molecule has 1 amide bonds. The van der Waals surface area contributed by atoms with E-state index in [2.05, 4.69) is 15.7 Å². The molecule has 0 bridgehead atoms. The zero-order valence-corrected chi connectivity index (χ0v) is 11.9. The lowest BCUT2D eigenvalue weighted by atomic mass is 10.2. The molecule has 5 nitrogen and oxygen atoms in total. The van der Waals surface area contributed by atoms with E-state index in [-0.39, 0.29) is 5.91 Å². The second-order valence-electron chi connectivity index (χ2n) is 4.50. The second-order valence-corrected chi connectivity index (χ2v) is 4.50. The average molecular weight is 272 g/mol. The van der Waals surface area contributed by atoms with E-state index < -0.39 is 0 Å². The van der Waals surface area contributed by atoms with Crippen molar-refractivity contribution in [3.8, 4) is 5.69 Å². The number of benzene rings is 1. The Morgan fingerprint density at radius 1 is 1.25 bits per heavy atom. The summed E-state index contributed by atoms with van der Waals surface area (Å²) in [6.45, 7) is 6.23. The molecule has 2 N–H and O–H groups in total. The lowest BCUT2D eigenvalue weighted by molar-refractivity contribution is 0.0953. The molecular formula is C15H20N4O. The van der Waals surface area contributed by atoms with Crippen LogP contribution in [-0.2, 0) is 0 Å². The number of aromatic nitrogens is 2. The molecule has 0 atom stereocenters. The molecule has 20 heavy (non-hydrogen) atoms. The van der Waals surface area contributed by atoms with Crippen molar-refractivity contribution < 1.29 is 4.79 Å². The Morgan fingerprint density at radius 3 is 2.70 bits per heavy atom. The molecule has 5 heteroatoms. The van der Waals surface area contributed by atoms with Gasteiger partial charge >= 0.3 is 0 Å². The molecule has 0 aliphatic heterocycles. The van der Waals surface area contributed by atoms with Gasteiger partial charge in [-0.15, -0.1) is 0 Å². The summed E-state index contributed by atoms with van der Waals surface area (Å²) in [6, 6.07) is 9.79. The van der Waals surface area contributed by atoms with Crippen molar-refractivity contribution in [1.29, 1.82) is 0 Å². The molecule has 0 saturated carbocycles. The van der Waals surface area contributed by atoms with Crippen molar-refractivity contribution >= 4 is 5.91 Å². The number of rotatable bonds is 6. The van der Waals surface area contributed by atoms with Crippen LogP contribution in [-0.4, -0.2) is 35.3 Å². The maximum absolute atomic E-state index is 12.1. The van der Waals surface area contributed by atoms with Gasteiger partial charge in [-0.3, -0.25) is 4.79 Å². The van der Waals surface area contributed by atoms with Crippen LogP contribution in [0.15, 0.2) is 36.5 Å². The molecule has 1 aromatic carbocycles. The van der Waals surface area contributed by atoms with Gasteiger partial charge in [-0.1, -0.05) is 25.1 Å². The van der Waals surface area contributed by atoms with Gasteiger partial charge < -0.3 is 10.6 Å². The topological polar surface area (TPSA) is 58.9 Å². The zero-order valence-electron chi connectivity index (χ0n) is 11.9. The van der Waals surface area contributed by atoms with E-state index in [1.807, 2.05) is 44.2 Å². The minimum Gasteiger partial charge on any atom is -0.351 e. The maximum Gasteiger partial charge on any atom is 0.254 e. The van der Waals surface area contributed by atoms with Gasteiger partial charge in [0.1, 0.15) is 0 Å². The van der Waals surface area contributed by atoms with E-state index in [9.17, 15) is 4.79 Å². The second kappa shape index (κ2) is 6.86. The fraction of sp³-hybridized carbons (Fsp3) is 0.333. The Bertz CT molecular complexity index is 563. The summed E-state index contributed by atoms with van der Waals surface area (Å²) in [5.41, 5.74) is 2.42. The summed E-state index contributed by atoms with van der Waals surface area (Å²) in [4.78, 5) is 12.1. The van der Waals surface area contributed by atoms with Crippen LogP contribution in [0.25, 0.3) is 5.69 Å². The van der Waals surface area contributed by atoms with Gasteiger partial charge in [0.2, 0.25) is 0 Å². The molecule has 0 spiro atoms.